The molecule has 7 nitrogen and oxygen atoms in total. The van der Waals surface area contributed by atoms with Crippen molar-refractivity contribution >= 4 is 10.0 Å². The number of nitriles is 1. The summed E-state index contributed by atoms with van der Waals surface area (Å²) in [6, 6.07) is 5.05. The van der Waals surface area contributed by atoms with Crippen molar-refractivity contribution in [3.05, 3.63) is 47.8 Å². The molecule has 24 heavy (non-hydrogen) atoms. The number of aromatic amines is 1. The molecule has 0 amide bonds. The molecule has 1 fully saturated rings. The number of likely N-dealkylation sites (N-methyl/N-ethyl adjacent to an activating group) is 1. The number of rotatable bonds is 3. The van der Waals surface area contributed by atoms with E-state index in [1.54, 1.807) is 18.5 Å². The van der Waals surface area contributed by atoms with E-state index in [2.05, 4.69) is 9.97 Å². The number of imidazole rings is 1. The van der Waals surface area contributed by atoms with Crippen LogP contribution in [0.1, 0.15) is 17.4 Å². The van der Waals surface area contributed by atoms with Gasteiger partial charge in [0, 0.05) is 32.0 Å². The van der Waals surface area contributed by atoms with Gasteiger partial charge in [0.15, 0.2) is 0 Å². The lowest BCUT2D eigenvalue weighted by atomic mass is 10.2. The zero-order chi connectivity index (χ0) is 17.3. The number of aromatic nitrogens is 2. The van der Waals surface area contributed by atoms with Crippen molar-refractivity contribution in [1.29, 1.82) is 5.26 Å². The fourth-order valence-corrected chi connectivity index (χ4v) is 4.38. The van der Waals surface area contributed by atoms with Crippen LogP contribution >= 0.6 is 0 Å². The van der Waals surface area contributed by atoms with Gasteiger partial charge in [0.2, 0.25) is 10.0 Å². The lowest BCUT2D eigenvalue weighted by Gasteiger charge is -2.37. The van der Waals surface area contributed by atoms with Crippen LogP contribution in [0, 0.1) is 17.1 Å². The Kier molecular flexibility index (Phi) is 4.36. The highest BCUT2D eigenvalue weighted by Gasteiger charge is 2.36. The summed E-state index contributed by atoms with van der Waals surface area (Å²) in [5, 5.41) is 9.11. The standard InChI is InChI=1S/C15H16FN5O2S/c1-20-7-8-21(10-13(20)15-18-5-6-19-15)24(22,23)14-4-2-3-12(16)11(14)9-17/h2-6,13H,7-8,10H2,1H3,(H,18,19)/t13-/m0/s1. The molecule has 1 N–H and O–H groups in total. The third-order valence-corrected chi connectivity index (χ3v) is 6.06. The van der Waals surface area contributed by atoms with Gasteiger partial charge < -0.3 is 4.98 Å². The first kappa shape index (κ1) is 16.6. The van der Waals surface area contributed by atoms with E-state index >= 15 is 0 Å². The van der Waals surface area contributed by atoms with Crippen molar-refractivity contribution in [2.24, 2.45) is 0 Å². The fraction of sp³-hybridized carbons (Fsp3) is 0.333. The quantitative estimate of drug-likeness (QED) is 0.896. The molecular weight excluding hydrogens is 333 g/mol. The number of nitrogens with one attached hydrogen (secondary N) is 1. The number of benzene rings is 1. The Morgan fingerprint density at radius 1 is 1.42 bits per heavy atom. The van der Waals surface area contributed by atoms with E-state index in [-0.39, 0.29) is 24.0 Å². The molecule has 1 saturated heterocycles. The Labute approximate surface area is 139 Å². The molecule has 9 heteroatoms. The minimum absolute atomic E-state index is 0.174. The van der Waals surface area contributed by atoms with Gasteiger partial charge in [-0.25, -0.2) is 17.8 Å². The summed E-state index contributed by atoms with van der Waals surface area (Å²) in [4.78, 5) is 8.89. The van der Waals surface area contributed by atoms with Gasteiger partial charge >= 0.3 is 0 Å². The van der Waals surface area contributed by atoms with Gasteiger partial charge in [0.25, 0.3) is 0 Å². The Balaban J connectivity index is 1.96. The van der Waals surface area contributed by atoms with E-state index in [0.717, 1.165) is 6.07 Å². The molecule has 126 valence electrons. The highest BCUT2D eigenvalue weighted by molar-refractivity contribution is 7.89. The minimum atomic E-state index is -3.97. The lowest BCUT2D eigenvalue weighted by Crippen LogP contribution is -2.49. The molecule has 1 atom stereocenters. The zero-order valence-corrected chi connectivity index (χ0v) is 13.8. The van der Waals surface area contributed by atoms with E-state index < -0.39 is 21.4 Å². The van der Waals surface area contributed by atoms with Gasteiger partial charge in [-0.15, -0.1) is 0 Å². The van der Waals surface area contributed by atoms with Crippen molar-refractivity contribution in [3.8, 4) is 6.07 Å². The topological polar surface area (TPSA) is 93.1 Å². The normalized spacial score (nSPS) is 20.0. The van der Waals surface area contributed by atoms with Crippen LogP contribution in [0.2, 0.25) is 0 Å². The number of halogens is 1. The second kappa shape index (κ2) is 6.32. The third kappa shape index (κ3) is 2.80. The molecule has 3 rings (SSSR count). The zero-order valence-electron chi connectivity index (χ0n) is 13.0. The SMILES string of the molecule is CN1CCN(S(=O)(=O)c2cccc(F)c2C#N)C[C@H]1c1ncc[nH]1. The van der Waals surface area contributed by atoms with Crippen molar-refractivity contribution < 1.29 is 12.8 Å². The first-order valence-corrected chi connectivity index (χ1v) is 8.77. The Morgan fingerprint density at radius 2 is 2.21 bits per heavy atom. The maximum Gasteiger partial charge on any atom is 0.244 e. The predicted octanol–water partition coefficient (Wildman–Crippen LogP) is 1.10. The van der Waals surface area contributed by atoms with Gasteiger partial charge in [0.05, 0.1) is 6.04 Å². The largest absolute Gasteiger partial charge is 0.347 e. The van der Waals surface area contributed by atoms with Crippen molar-refractivity contribution in [3.63, 3.8) is 0 Å². The second-order valence-electron chi connectivity index (χ2n) is 5.56. The predicted molar refractivity (Wildman–Crippen MR) is 83.8 cm³/mol. The molecule has 2 heterocycles. The number of hydrogen-bond donors (Lipinski definition) is 1. The summed E-state index contributed by atoms with van der Waals surface area (Å²) in [5.74, 6) is -0.174. The number of sulfonamides is 1. The molecule has 1 aromatic heterocycles. The molecule has 1 aliphatic heterocycles. The monoisotopic (exact) mass is 349 g/mol. The van der Waals surface area contributed by atoms with Crippen LogP contribution in [0.4, 0.5) is 4.39 Å². The van der Waals surface area contributed by atoms with Crippen LogP contribution < -0.4 is 0 Å². The Hall–Kier alpha value is -2.28. The van der Waals surface area contributed by atoms with Crippen molar-refractivity contribution in [1.82, 2.24) is 19.2 Å². The number of piperazine rings is 1. The minimum Gasteiger partial charge on any atom is -0.347 e. The van der Waals surface area contributed by atoms with E-state index in [4.69, 9.17) is 5.26 Å². The Morgan fingerprint density at radius 3 is 2.88 bits per heavy atom. The van der Waals surface area contributed by atoms with Crippen molar-refractivity contribution in [2.75, 3.05) is 26.7 Å². The van der Waals surface area contributed by atoms with Gasteiger partial charge in [0.1, 0.15) is 28.2 Å². The van der Waals surface area contributed by atoms with E-state index in [1.165, 1.54) is 16.4 Å². The highest BCUT2D eigenvalue weighted by atomic mass is 32.2. The molecule has 0 bridgehead atoms. The maximum atomic E-state index is 13.8. The summed E-state index contributed by atoms with van der Waals surface area (Å²) < 4.78 is 40.9. The summed E-state index contributed by atoms with van der Waals surface area (Å²) in [7, 11) is -2.08. The number of hydrogen-bond acceptors (Lipinski definition) is 5. The highest BCUT2D eigenvalue weighted by Crippen LogP contribution is 2.28. The van der Waals surface area contributed by atoms with E-state index in [9.17, 15) is 12.8 Å². The van der Waals surface area contributed by atoms with Gasteiger partial charge in [-0.1, -0.05) is 6.07 Å². The smallest absolute Gasteiger partial charge is 0.244 e. The summed E-state index contributed by atoms with van der Waals surface area (Å²) in [5.41, 5.74) is -0.453. The maximum absolute atomic E-state index is 13.8. The molecule has 0 spiro atoms. The van der Waals surface area contributed by atoms with E-state index in [0.29, 0.717) is 12.4 Å². The van der Waals surface area contributed by atoms with Crippen LogP contribution in [0.15, 0.2) is 35.5 Å². The van der Waals surface area contributed by atoms with E-state index in [1.807, 2.05) is 11.9 Å². The third-order valence-electron chi connectivity index (χ3n) is 4.15. The fourth-order valence-electron chi connectivity index (χ4n) is 2.79. The molecule has 1 aromatic carbocycles. The second-order valence-corrected chi connectivity index (χ2v) is 7.47. The molecule has 0 radical (unpaired) electrons. The molecule has 0 unspecified atom stereocenters. The number of nitrogens with zero attached hydrogens (tertiary/aromatic N) is 4. The molecular formula is C15H16FN5O2S. The lowest BCUT2D eigenvalue weighted by molar-refractivity contribution is 0.142. The van der Waals surface area contributed by atoms with Crippen molar-refractivity contribution in [2.45, 2.75) is 10.9 Å². The number of H-pyrrole nitrogens is 1. The molecule has 0 saturated carbocycles. The average Bonchev–Trinajstić information content (AvgIpc) is 3.09. The average molecular weight is 349 g/mol. The summed E-state index contributed by atoms with van der Waals surface area (Å²) >= 11 is 0. The van der Waals surface area contributed by atoms with Crippen LogP contribution in [-0.2, 0) is 10.0 Å². The van der Waals surface area contributed by atoms with Gasteiger partial charge in [-0.05, 0) is 19.2 Å². The van der Waals surface area contributed by atoms with Gasteiger partial charge in [-0.2, -0.15) is 9.57 Å². The first-order valence-electron chi connectivity index (χ1n) is 7.33. The Bertz CT molecular complexity index is 876. The molecule has 2 aromatic rings. The van der Waals surface area contributed by atoms with Crippen LogP contribution in [0.3, 0.4) is 0 Å². The first-order chi connectivity index (χ1) is 11.4. The molecule has 1 aliphatic rings. The van der Waals surface area contributed by atoms with Crippen LogP contribution in [-0.4, -0.2) is 54.3 Å². The van der Waals surface area contributed by atoms with Crippen LogP contribution in [0.25, 0.3) is 0 Å². The molecule has 0 aliphatic carbocycles. The summed E-state index contributed by atoms with van der Waals surface area (Å²) in [6.45, 7) is 0.937. The summed E-state index contributed by atoms with van der Waals surface area (Å²) in [6.07, 6.45) is 3.29. The van der Waals surface area contributed by atoms with Crippen LogP contribution in [0.5, 0.6) is 0 Å². The van der Waals surface area contributed by atoms with Gasteiger partial charge in [-0.3, -0.25) is 4.90 Å².